The summed E-state index contributed by atoms with van der Waals surface area (Å²) in [4.78, 5) is 37.9. The summed E-state index contributed by atoms with van der Waals surface area (Å²) in [7, 11) is 0. The number of amides is 1. The zero-order valence-corrected chi connectivity index (χ0v) is 14.5. The molecule has 0 fully saturated rings. The number of carbonyl (C=O) groups is 3. The number of benzene rings is 1. The number of nitrogens with two attached hydrogens (primary N) is 1. The van der Waals surface area contributed by atoms with Gasteiger partial charge in [-0.15, -0.1) is 11.8 Å². The minimum Gasteiger partial charge on any atom is -0.480 e. The smallest absolute Gasteiger partial charge is 0.323 e. The molecule has 7 nitrogen and oxygen atoms in total. The fourth-order valence-electron chi connectivity index (χ4n) is 2.27. The van der Waals surface area contributed by atoms with Gasteiger partial charge in [0.05, 0.1) is 5.69 Å². The van der Waals surface area contributed by atoms with E-state index >= 15 is 0 Å². The maximum atomic E-state index is 12.6. The average molecular weight is 352 g/mol. The fraction of sp³-hybridized carbons (Fsp3) is 0.438. The highest BCUT2D eigenvalue weighted by atomic mass is 32.2. The standard InChI is InChI=1S/C16H20N2O5S/c1-16(2,3)23-15(22)13-12(17)14(21)18(8-11(19)20)9-6-4-5-7-10(9)24-13/h4-7,12-13H,8,17H2,1-3H3,(H,19,20)/t12?,13-/m1/s1. The Labute approximate surface area is 144 Å². The molecule has 24 heavy (non-hydrogen) atoms. The molecule has 8 heteroatoms. The van der Waals surface area contributed by atoms with Crippen molar-refractivity contribution < 1.29 is 24.2 Å². The van der Waals surface area contributed by atoms with Gasteiger partial charge in [0, 0.05) is 4.90 Å². The summed E-state index contributed by atoms with van der Waals surface area (Å²) in [5, 5.41) is 8.13. The molecule has 1 unspecified atom stereocenters. The van der Waals surface area contributed by atoms with Crippen LogP contribution in [0.15, 0.2) is 29.2 Å². The Morgan fingerprint density at radius 3 is 2.54 bits per heavy atom. The Morgan fingerprint density at radius 2 is 1.96 bits per heavy atom. The maximum absolute atomic E-state index is 12.6. The number of ether oxygens (including phenoxy) is 1. The van der Waals surface area contributed by atoms with Crippen molar-refractivity contribution in [1.29, 1.82) is 0 Å². The molecule has 1 aliphatic heterocycles. The van der Waals surface area contributed by atoms with Gasteiger partial charge in [-0.2, -0.15) is 0 Å². The SMILES string of the molecule is CC(C)(C)OC(=O)[C@@H]1Sc2ccccc2N(CC(=O)O)C(=O)C1N. The Bertz CT molecular complexity index is 671. The number of para-hydroxylation sites is 1. The minimum absolute atomic E-state index is 0.427. The van der Waals surface area contributed by atoms with E-state index in [9.17, 15) is 14.4 Å². The lowest BCUT2D eigenvalue weighted by Crippen LogP contribution is -2.52. The zero-order chi connectivity index (χ0) is 18.1. The minimum atomic E-state index is -1.20. The van der Waals surface area contributed by atoms with Crippen LogP contribution in [0.1, 0.15) is 20.8 Å². The summed E-state index contributed by atoms with van der Waals surface area (Å²) < 4.78 is 5.36. The molecule has 1 heterocycles. The van der Waals surface area contributed by atoms with Gasteiger partial charge in [0.2, 0.25) is 5.91 Å². The molecule has 1 aliphatic rings. The molecular formula is C16H20N2O5S. The lowest BCUT2D eigenvalue weighted by atomic mass is 10.1. The third-order valence-electron chi connectivity index (χ3n) is 3.22. The van der Waals surface area contributed by atoms with Crippen molar-refractivity contribution >= 4 is 35.3 Å². The molecule has 3 N–H and O–H groups in total. The number of hydrogen-bond donors (Lipinski definition) is 2. The number of carboxylic acid groups (broad SMARTS) is 1. The van der Waals surface area contributed by atoms with Crippen LogP contribution < -0.4 is 10.6 Å². The highest BCUT2D eigenvalue weighted by Gasteiger charge is 2.41. The van der Waals surface area contributed by atoms with Crippen molar-refractivity contribution in [2.75, 3.05) is 11.4 Å². The van der Waals surface area contributed by atoms with Gasteiger partial charge >= 0.3 is 11.9 Å². The van der Waals surface area contributed by atoms with Crippen molar-refractivity contribution in [2.24, 2.45) is 5.73 Å². The monoisotopic (exact) mass is 352 g/mol. The summed E-state index contributed by atoms with van der Waals surface area (Å²) in [5.41, 5.74) is 5.69. The second kappa shape index (κ2) is 6.82. The molecular weight excluding hydrogens is 332 g/mol. The first-order valence-corrected chi connectivity index (χ1v) is 8.25. The van der Waals surface area contributed by atoms with E-state index in [1.165, 1.54) is 0 Å². The normalized spacial score (nSPS) is 21.0. The quantitative estimate of drug-likeness (QED) is 0.788. The zero-order valence-electron chi connectivity index (χ0n) is 13.7. The lowest BCUT2D eigenvalue weighted by molar-refractivity contribution is -0.155. The molecule has 1 aromatic rings. The third-order valence-corrected chi connectivity index (χ3v) is 4.56. The van der Waals surface area contributed by atoms with E-state index in [0.717, 1.165) is 16.7 Å². The van der Waals surface area contributed by atoms with Crippen LogP contribution in [0.5, 0.6) is 0 Å². The van der Waals surface area contributed by atoms with Gasteiger partial charge in [-0.05, 0) is 32.9 Å². The van der Waals surface area contributed by atoms with Crippen molar-refractivity contribution in [2.45, 2.75) is 42.6 Å². The summed E-state index contributed by atoms with van der Waals surface area (Å²) in [6.07, 6.45) is 0. The highest BCUT2D eigenvalue weighted by molar-refractivity contribution is 8.00. The first-order valence-electron chi connectivity index (χ1n) is 7.37. The van der Waals surface area contributed by atoms with Crippen LogP contribution in [0.3, 0.4) is 0 Å². The van der Waals surface area contributed by atoms with Crippen molar-refractivity contribution in [3.05, 3.63) is 24.3 Å². The van der Waals surface area contributed by atoms with Crippen LogP contribution in [0.4, 0.5) is 5.69 Å². The van der Waals surface area contributed by atoms with Gasteiger partial charge in [-0.25, -0.2) is 0 Å². The Hall–Kier alpha value is -2.06. The maximum Gasteiger partial charge on any atom is 0.323 e. The van der Waals surface area contributed by atoms with E-state index in [1.54, 1.807) is 45.0 Å². The van der Waals surface area contributed by atoms with Gasteiger partial charge in [0.1, 0.15) is 23.4 Å². The second-order valence-electron chi connectivity index (χ2n) is 6.38. The van der Waals surface area contributed by atoms with Gasteiger partial charge in [-0.3, -0.25) is 19.3 Å². The van der Waals surface area contributed by atoms with Crippen LogP contribution >= 0.6 is 11.8 Å². The number of fused-ring (bicyclic) bond motifs is 1. The number of carbonyl (C=O) groups excluding carboxylic acids is 2. The molecule has 1 aromatic carbocycles. The molecule has 0 radical (unpaired) electrons. The lowest BCUT2D eigenvalue weighted by Gasteiger charge is -2.26. The predicted molar refractivity (Wildman–Crippen MR) is 89.9 cm³/mol. The number of carboxylic acids is 1. The first kappa shape index (κ1) is 18.3. The third kappa shape index (κ3) is 4.07. The molecule has 0 bridgehead atoms. The van der Waals surface area contributed by atoms with Crippen molar-refractivity contribution in [3.8, 4) is 0 Å². The van der Waals surface area contributed by atoms with Crippen LogP contribution in [0.25, 0.3) is 0 Å². The number of rotatable bonds is 3. The van der Waals surface area contributed by atoms with E-state index in [1.807, 2.05) is 0 Å². The number of nitrogens with zero attached hydrogens (tertiary/aromatic N) is 1. The van der Waals surface area contributed by atoms with Gasteiger partial charge in [-0.1, -0.05) is 12.1 Å². The number of anilines is 1. The number of hydrogen-bond acceptors (Lipinski definition) is 6. The molecule has 0 saturated carbocycles. The molecule has 1 amide bonds. The fourth-order valence-corrected chi connectivity index (χ4v) is 3.41. The molecule has 0 aromatic heterocycles. The van der Waals surface area contributed by atoms with Gasteiger partial charge in [0.15, 0.2) is 0 Å². The summed E-state index contributed by atoms with van der Waals surface area (Å²) in [6, 6.07) is 5.60. The van der Waals surface area contributed by atoms with Gasteiger partial charge < -0.3 is 15.6 Å². The molecule has 0 aliphatic carbocycles. The molecule has 0 saturated heterocycles. The first-order chi connectivity index (χ1) is 11.1. The molecule has 0 spiro atoms. The highest BCUT2D eigenvalue weighted by Crippen LogP contribution is 2.38. The number of esters is 1. The molecule has 130 valence electrons. The Balaban J connectivity index is 2.42. The van der Waals surface area contributed by atoms with E-state index in [-0.39, 0.29) is 0 Å². The van der Waals surface area contributed by atoms with E-state index in [0.29, 0.717) is 10.6 Å². The summed E-state index contributed by atoms with van der Waals surface area (Å²) in [6.45, 7) is 4.66. The van der Waals surface area contributed by atoms with Gasteiger partial charge in [0.25, 0.3) is 0 Å². The van der Waals surface area contributed by atoms with Crippen LogP contribution in [0, 0.1) is 0 Å². The Kier molecular flexibility index (Phi) is 5.19. The van der Waals surface area contributed by atoms with E-state index < -0.39 is 41.3 Å². The molecule has 2 rings (SSSR count). The number of thioether (sulfide) groups is 1. The van der Waals surface area contributed by atoms with E-state index in [4.69, 9.17) is 15.6 Å². The second-order valence-corrected chi connectivity index (χ2v) is 7.57. The topological polar surface area (TPSA) is 110 Å². The summed E-state index contributed by atoms with van der Waals surface area (Å²) in [5.74, 6) is -2.38. The van der Waals surface area contributed by atoms with Crippen molar-refractivity contribution in [3.63, 3.8) is 0 Å². The predicted octanol–water partition coefficient (Wildman–Crippen LogP) is 1.25. The average Bonchev–Trinajstić information content (AvgIpc) is 2.56. The number of aliphatic carboxylic acids is 1. The van der Waals surface area contributed by atoms with Crippen molar-refractivity contribution in [1.82, 2.24) is 0 Å². The van der Waals surface area contributed by atoms with Crippen LogP contribution in [0.2, 0.25) is 0 Å². The largest absolute Gasteiger partial charge is 0.480 e. The molecule has 2 atom stereocenters. The van der Waals surface area contributed by atoms with E-state index in [2.05, 4.69) is 0 Å². The summed E-state index contributed by atoms with van der Waals surface area (Å²) >= 11 is 1.11. The Morgan fingerprint density at radius 1 is 1.33 bits per heavy atom. The van der Waals surface area contributed by atoms with Crippen LogP contribution in [-0.2, 0) is 19.1 Å². The van der Waals surface area contributed by atoms with Crippen LogP contribution in [-0.4, -0.2) is 46.4 Å².